The topological polar surface area (TPSA) is 30.0 Å². The Bertz CT molecular complexity index is 856. The second kappa shape index (κ2) is 5.33. The zero-order chi connectivity index (χ0) is 15.1. The van der Waals surface area contributed by atoms with Crippen LogP contribution in [0.1, 0.15) is 51.6 Å². The minimum Gasteiger partial charge on any atom is -0.294 e. The van der Waals surface area contributed by atoms with E-state index >= 15 is 0 Å². The van der Waals surface area contributed by atoms with Crippen molar-refractivity contribution in [2.45, 2.75) is 32.1 Å². The van der Waals surface area contributed by atoms with Crippen molar-refractivity contribution in [2.75, 3.05) is 0 Å². The second-order valence-corrected chi connectivity index (χ2v) is 7.05. The number of Topliss-reactive ketones (excluding diaryl/α,β-unsaturated/α-hetero) is 1. The van der Waals surface area contributed by atoms with Crippen LogP contribution in [0.4, 0.5) is 0 Å². The first-order valence-electron chi connectivity index (χ1n) is 7.69. The van der Waals surface area contributed by atoms with Gasteiger partial charge >= 0.3 is 0 Å². The molecule has 110 valence electrons. The molecule has 1 aliphatic carbocycles. The van der Waals surface area contributed by atoms with Crippen molar-refractivity contribution in [3.63, 3.8) is 0 Å². The molecule has 0 amide bonds. The summed E-state index contributed by atoms with van der Waals surface area (Å²) in [6, 6.07) is 14.8. The lowest BCUT2D eigenvalue weighted by Gasteiger charge is -2.04. The molecule has 2 aromatic carbocycles. The van der Waals surface area contributed by atoms with E-state index < -0.39 is 0 Å². The fourth-order valence-corrected chi connectivity index (χ4v) is 4.02. The molecular weight excluding hydrogens is 290 g/mol. The Balaban J connectivity index is 1.73. The van der Waals surface area contributed by atoms with Gasteiger partial charge in [0.05, 0.1) is 15.6 Å². The van der Waals surface area contributed by atoms with Gasteiger partial charge in [-0.25, -0.2) is 4.98 Å². The molecule has 0 aliphatic heterocycles. The molecule has 1 heterocycles. The lowest BCUT2D eigenvalue weighted by Crippen LogP contribution is -1.94. The molecule has 3 heteroatoms. The van der Waals surface area contributed by atoms with E-state index in [1.165, 1.54) is 29.2 Å². The first-order chi connectivity index (χ1) is 10.7. The van der Waals surface area contributed by atoms with Crippen molar-refractivity contribution < 1.29 is 4.79 Å². The smallest absolute Gasteiger partial charge is 0.171 e. The van der Waals surface area contributed by atoms with Crippen LogP contribution in [0.2, 0.25) is 0 Å². The van der Waals surface area contributed by atoms with E-state index in [0.717, 1.165) is 22.0 Å². The van der Waals surface area contributed by atoms with E-state index in [1.54, 1.807) is 18.3 Å². The zero-order valence-corrected chi connectivity index (χ0v) is 13.3. The monoisotopic (exact) mass is 307 g/mol. The maximum absolute atomic E-state index is 11.8. The molecule has 3 aromatic rings. The molecule has 2 nitrogen and oxygen atoms in total. The number of hydrogen-bond donors (Lipinski definition) is 0. The van der Waals surface area contributed by atoms with E-state index in [2.05, 4.69) is 42.5 Å². The second-order valence-electron chi connectivity index (χ2n) is 5.97. The standard InChI is InChI=1S/C19H17NOS/c1-12(21)19-18(14-9-10-14)20-17(22-19)11-15-7-4-6-13-5-2-3-8-16(13)15/h2-8,14H,9-11H2,1H3. The SMILES string of the molecule is CC(=O)c1sc(Cc2cccc3ccccc23)nc1C1CC1. The highest BCUT2D eigenvalue weighted by atomic mass is 32.1. The van der Waals surface area contributed by atoms with Crippen LogP contribution >= 0.6 is 11.3 Å². The fraction of sp³-hybridized carbons (Fsp3) is 0.263. The van der Waals surface area contributed by atoms with Crippen LogP contribution in [0.15, 0.2) is 42.5 Å². The maximum Gasteiger partial charge on any atom is 0.171 e. The van der Waals surface area contributed by atoms with Crippen molar-refractivity contribution in [1.29, 1.82) is 0 Å². The van der Waals surface area contributed by atoms with Gasteiger partial charge in [-0.2, -0.15) is 0 Å². The number of benzene rings is 2. The molecule has 4 rings (SSSR count). The van der Waals surface area contributed by atoms with Gasteiger partial charge in [0.1, 0.15) is 0 Å². The van der Waals surface area contributed by atoms with Gasteiger partial charge in [0.25, 0.3) is 0 Å². The van der Waals surface area contributed by atoms with Crippen LogP contribution in [-0.2, 0) is 6.42 Å². The summed E-state index contributed by atoms with van der Waals surface area (Å²) in [7, 11) is 0. The molecule has 0 unspecified atom stereocenters. The van der Waals surface area contributed by atoms with E-state index in [0.29, 0.717) is 5.92 Å². The molecule has 0 atom stereocenters. The van der Waals surface area contributed by atoms with Crippen molar-refractivity contribution in [3.8, 4) is 0 Å². The number of fused-ring (bicyclic) bond motifs is 1. The number of carbonyl (C=O) groups excluding carboxylic acids is 1. The number of nitrogens with zero attached hydrogens (tertiary/aromatic N) is 1. The number of hydrogen-bond acceptors (Lipinski definition) is 3. The summed E-state index contributed by atoms with van der Waals surface area (Å²) in [5.41, 5.74) is 2.33. The van der Waals surface area contributed by atoms with Gasteiger partial charge in [0.2, 0.25) is 0 Å². The van der Waals surface area contributed by atoms with Crippen molar-refractivity contribution in [2.24, 2.45) is 0 Å². The lowest BCUT2D eigenvalue weighted by atomic mass is 10.0. The summed E-state index contributed by atoms with van der Waals surface area (Å²) < 4.78 is 0. The van der Waals surface area contributed by atoms with Crippen molar-refractivity contribution in [3.05, 3.63) is 63.6 Å². The van der Waals surface area contributed by atoms with Crippen molar-refractivity contribution >= 4 is 27.9 Å². The van der Waals surface area contributed by atoms with Crippen LogP contribution in [0.25, 0.3) is 10.8 Å². The van der Waals surface area contributed by atoms with E-state index in [-0.39, 0.29) is 5.78 Å². The predicted octanol–water partition coefficient (Wildman–Crippen LogP) is 4.97. The number of carbonyl (C=O) groups is 1. The average Bonchev–Trinajstić information content (AvgIpc) is 3.28. The van der Waals surface area contributed by atoms with Gasteiger partial charge in [-0.1, -0.05) is 42.5 Å². The Morgan fingerprint density at radius 1 is 1.18 bits per heavy atom. The molecule has 1 aliphatic rings. The highest BCUT2D eigenvalue weighted by Crippen LogP contribution is 2.43. The van der Waals surface area contributed by atoms with Crippen LogP contribution in [0.3, 0.4) is 0 Å². The summed E-state index contributed by atoms with van der Waals surface area (Å²) in [5.74, 6) is 0.681. The van der Waals surface area contributed by atoms with E-state index in [4.69, 9.17) is 4.98 Å². The molecule has 22 heavy (non-hydrogen) atoms. The molecule has 1 saturated carbocycles. The highest BCUT2D eigenvalue weighted by molar-refractivity contribution is 7.13. The predicted molar refractivity (Wildman–Crippen MR) is 90.8 cm³/mol. The third-order valence-electron chi connectivity index (χ3n) is 4.20. The van der Waals surface area contributed by atoms with Gasteiger partial charge in [-0.15, -0.1) is 11.3 Å². The Morgan fingerprint density at radius 2 is 1.95 bits per heavy atom. The summed E-state index contributed by atoms with van der Waals surface area (Å²) >= 11 is 1.58. The van der Waals surface area contributed by atoms with E-state index in [9.17, 15) is 4.79 Å². The van der Waals surface area contributed by atoms with Gasteiger partial charge in [-0.3, -0.25) is 4.79 Å². The molecule has 0 bridgehead atoms. The summed E-state index contributed by atoms with van der Waals surface area (Å²) in [5, 5.41) is 3.59. The Kier molecular flexibility index (Phi) is 3.30. The first kappa shape index (κ1) is 13.6. The van der Waals surface area contributed by atoms with Crippen LogP contribution in [0, 0.1) is 0 Å². The number of thiazole rings is 1. The summed E-state index contributed by atoms with van der Waals surface area (Å²) in [6.45, 7) is 1.65. The molecule has 1 aromatic heterocycles. The first-order valence-corrected chi connectivity index (χ1v) is 8.51. The number of aromatic nitrogens is 1. The van der Waals surface area contributed by atoms with Crippen LogP contribution in [0.5, 0.6) is 0 Å². The normalized spacial score (nSPS) is 14.4. The van der Waals surface area contributed by atoms with Crippen LogP contribution in [-0.4, -0.2) is 10.8 Å². The fourth-order valence-electron chi connectivity index (χ4n) is 2.95. The molecular formula is C19H17NOS. The van der Waals surface area contributed by atoms with E-state index in [1.807, 2.05) is 0 Å². The maximum atomic E-state index is 11.8. The van der Waals surface area contributed by atoms with Gasteiger partial charge < -0.3 is 0 Å². The Hall–Kier alpha value is -2.00. The summed E-state index contributed by atoms with van der Waals surface area (Å²) in [4.78, 5) is 17.5. The zero-order valence-electron chi connectivity index (χ0n) is 12.5. The number of ketones is 1. The third-order valence-corrected chi connectivity index (χ3v) is 5.38. The molecule has 0 spiro atoms. The third kappa shape index (κ3) is 2.46. The minimum atomic E-state index is 0.156. The Morgan fingerprint density at radius 3 is 2.73 bits per heavy atom. The molecule has 1 fully saturated rings. The summed E-state index contributed by atoms with van der Waals surface area (Å²) in [6.07, 6.45) is 3.16. The Labute approximate surface area is 133 Å². The van der Waals surface area contributed by atoms with Crippen LogP contribution < -0.4 is 0 Å². The average molecular weight is 307 g/mol. The van der Waals surface area contributed by atoms with Gasteiger partial charge in [0.15, 0.2) is 5.78 Å². The molecule has 0 radical (unpaired) electrons. The van der Waals surface area contributed by atoms with Crippen molar-refractivity contribution in [1.82, 2.24) is 4.98 Å². The molecule has 0 saturated heterocycles. The lowest BCUT2D eigenvalue weighted by molar-refractivity contribution is 0.102. The number of rotatable bonds is 4. The highest BCUT2D eigenvalue weighted by Gasteiger charge is 2.31. The largest absolute Gasteiger partial charge is 0.294 e. The minimum absolute atomic E-state index is 0.156. The molecule has 0 N–H and O–H groups in total. The van der Waals surface area contributed by atoms with Gasteiger partial charge in [-0.05, 0) is 29.2 Å². The van der Waals surface area contributed by atoms with Gasteiger partial charge in [0, 0.05) is 19.3 Å². The quantitative estimate of drug-likeness (QED) is 0.637.